The van der Waals surface area contributed by atoms with Crippen LogP contribution in [0, 0.1) is 13.8 Å². The van der Waals surface area contributed by atoms with E-state index in [-0.39, 0.29) is 17.5 Å². The average Bonchev–Trinajstić information content (AvgIpc) is 3.25. The van der Waals surface area contributed by atoms with Crippen molar-refractivity contribution in [2.75, 3.05) is 6.54 Å². The van der Waals surface area contributed by atoms with Gasteiger partial charge in [-0.1, -0.05) is 0 Å². The molecule has 132 valence electrons. The SMILES string of the molecule is Cc1n[nH]c(C)c1C(=O)N1CCCC1Cn1nc(C2CC2)ccc1=O. The zero-order chi connectivity index (χ0) is 17.6. The van der Waals surface area contributed by atoms with Crippen LogP contribution < -0.4 is 5.56 Å². The molecule has 25 heavy (non-hydrogen) atoms. The Bertz CT molecular complexity index is 845. The summed E-state index contributed by atoms with van der Waals surface area (Å²) in [4.78, 5) is 27.1. The first-order chi connectivity index (χ1) is 12.0. The number of nitrogens with zero attached hydrogens (tertiary/aromatic N) is 4. The first kappa shape index (κ1) is 16.1. The number of likely N-dealkylation sites (tertiary alicyclic amines) is 1. The summed E-state index contributed by atoms with van der Waals surface area (Å²) in [5.41, 5.74) is 3.06. The standard InChI is InChI=1S/C18H23N5O2/c1-11-17(12(2)20-19-11)18(25)22-9-3-4-14(22)10-23-16(24)8-7-15(21-23)13-5-6-13/h7-8,13-14H,3-6,9-10H2,1-2H3,(H,19,20). The summed E-state index contributed by atoms with van der Waals surface area (Å²) in [6, 6.07) is 3.44. The lowest BCUT2D eigenvalue weighted by molar-refractivity contribution is 0.0719. The number of carbonyl (C=O) groups is 1. The lowest BCUT2D eigenvalue weighted by Gasteiger charge is -2.25. The summed E-state index contributed by atoms with van der Waals surface area (Å²) in [6.07, 6.45) is 4.14. The largest absolute Gasteiger partial charge is 0.334 e. The molecule has 7 heteroatoms. The van der Waals surface area contributed by atoms with Crippen LogP contribution in [-0.2, 0) is 6.54 Å². The molecule has 1 aliphatic carbocycles. The molecule has 1 N–H and O–H groups in total. The van der Waals surface area contributed by atoms with Crippen LogP contribution in [0.5, 0.6) is 0 Å². The Kier molecular flexibility index (Phi) is 3.94. The molecule has 1 saturated heterocycles. The molecule has 3 heterocycles. The fraction of sp³-hybridized carbons (Fsp3) is 0.556. The number of aromatic nitrogens is 4. The molecule has 2 fully saturated rings. The summed E-state index contributed by atoms with van der Waals surface area (Å²) in [5, 5.41) is 11.5. The van der Waals surface area contributed by atoms with Crippen molar-refractivity contribution in [1.29, 1.82) is 0 Å². The third-order valence-corrected chi connectivity index (χ3v) is 5.25. The molecule has 2 aromatic heterocycles. The van der Waals surface area contributed by atoms with Crippen LogP contribution in [0.1, 0.15) is 59.0 Å². The molecule has 1 atom stereocenters. The zero-order valence-corrected chi connectivity index (χ0v) is 14.7. The highest BCUT2D eigenvalue weighted by atomic mass is 16.2. The van der Waals surface area contributed by atoms with E-state index in [4.69, 9.17) is 0 Å². The van der Waals surface area contributed by atoms with Crippen LogP contribution in [0.2, 0.25) is 0 Å². The Morgan fingerprint density at radius 2 is 2.08 bits per heavy atom. The van der Waals surface area contributed by atoms with Gasteiger partial charge < -0.3 is 4.90 Å². The van der Waals surface area contributed by atoms with E-state index in [1.54, 1.807) is 10.7 Å². The Hall–Kier alpha value is -2.44. The number of hydrogen-bond acceptors (Lipinski definition) is 4. The van der Waals surface area contributed by atoms with Crippen molar-refractivity contribution < 1.29 is 4.79 Å². The Labute approximate surface area is 146 Å². The number of rotatable bonds is 4. The number of aryl methyl sites for hydroxylation is 2. The van der Waals surface area contributed by atoms with Crippen molar-refractivity contribution in [2.24, 2.45) is 0 Å². The van der Waals surface area contributed by atoms with Crippen molar-refractivity contribution in [2.45, 2.75) is 58.0 Å². The molecule has 2 aromatic rings. The molecule has 1 saturated carbocycles. The maximum Gasteiger partial charge on any atom is 0.266 e. The molecule has 1 unspecified atom stereocenters. The Morgan fingerprint density at radius 3 is 2.76 bits per heavy atom. The number of hydrogen-bond donors (Lipinski definition) is 1. The molecule has 7 nitrogen and oxygen atoms in total. The summed E-state index contributed by atoms with van der Waals surface area (Å²) in [6.45, 7) is 4.88. The van der Waals surface area contributed by atoms with Gasteiger partial charge >= 0.3 is 0 Å². The maximum absolute atomic E-state index is 13.0. The second-order valence-corrected chi connectivity index (χ2v) is 7.16. The third-order valence-electron chi connectivity index (χ3n) is 5.25. The van der Waals surface area contributed by atoms with Crippen LogP contribution >= 0.6 is 0 Å². The lowest BCUT2D eigenvalue weighted by atomic mass is 10.1. The average molecular weight is 341 g/mol. The molecular weight excluding hydrogens is 318 g/mol. The number of amides is 1. The molecular formula is C18H23N5O2. The van der Waals surface area contributed by atoms with E-state index >= 15 is 0 Å². The summed E-state index contributed by atoms with van der Waals surface area (Å²) in [5.74, 6) is 0.502. The van der Waals surface area contributed by atoms with E-state index in [1.165, 1.54) is 0 Å². The van der Waals surface area contributed by atoms with Gasteiger partial charge in [-0.3, -0.25) is 14.7 Å². The highest BCUT2D eigenvalue weighted by Crippen LogP contribution is 2.38. The minimum atomic E-state index is -0.0978. The van der Waals surface area contributed by atoms with Crippen LogP contribution in [-0.4, -0.2) is 43.4 Å². The second kappa shape index (κ2) is 6.13. The van der Waals surface area contributed by atoms with E-state index in [9.17, 15) is 9.59 Å². The number of H-pyrrole nitrogens is 1. The predicted octanol–water partition coefficient (Wildman–Crippen LogP) is 1.77. The van der Waals surface area contributed by atoms with Crippen molar-refractivity contribution in [1.82, 2.24) is 24.9 Å². The second-order valence-electron chi connectivity index (χ2n) is 7.16. The van der Waals surface area contributed by atoms with Crippen LogP contribution in [0.15, 0.2) is 16.9 Å². The Morgan fingerprint density at radius 1 is 1.28 bits per heavy atom. The van der Waals surface area contributed by atoms with Crippen LogP contribution in [0.4, 0.5) is 0 Å². The topological polar surface area (TPSA) is 83.9 Å². The number of aromatic amines is 1. The van der Waals surface area contributed by atoms with Crippen molar-refractivity contribution in [3.8, 4) is 0 Å². The molecule has 1 amide bonds. The summed E-state index contributed by atoms with van der Waals surface area (Å²) >= 11 is 0. The van der Waals surface area contributed by atoms with Gasteiger partial charge in [0.2, 0.25) is 0 Å². The first-order valence-corrected chi connectivity index (χ1v) is 8.95. The van der Waals surface area contributed by atoms with Crippen LogP contribution in [0.25, 0.3) is 0 Å². The zero-order valence-electron chi connectivity index (χ0n) is 14.7. The van der Waals surface area contributed by atoms with E-state index in [0.717, 1.165) is 42.8 Å². The van der Waals surface area contributed by atoms with Gasteiger partial charge in [0.15, 0.2) is 0 Å². The fourth-order valence-corrected chi connectivity index (χ4v) is 3.69. The molecule has 2 aliphatic rings. The van der Waals surface area contributed by atoms with E-state index in [0.29, 0.717) is 24.6 Å². The summed E-state index contributed by atoms with van der Waals surface area (Å²) in [7, 11) is 0. The van der Waals surface area contributed by atoms with E-state index < -0.39 is 0 Å². The van der Waals surface area contributed by atoms with Gasteiger partial charge in [0.1, 0.15) is 0 Å². The van der Waals surface area contributed by atoms with Gasteiger partial charge in [0, 0.05) is 24.2 Å². The van der Waals surface area contributed by atoms with E-state index in [2.05, 4.69) is 15.3 Å². The molecule has 0 spiro atoms. The molecule has 0 radical (unpaired) electrons. The smallest absolute Gasteiger partial charge is 0.266 e. The van der Waals surface area contributed by atoms with Gasteiger partial charge in [-0.05, 0) is 45.6 Å². The van der Waals surface area contributed by atoms with E-state index in [1.807, 2.05) is 24.8 Å². The van der Waals surface area contributed by atoms with Gasteiger partial charge in [0.25, 0.3) is 11.5 Å². The normalized spacial score (nSPS) is 20.2. The lowest BCUT2D eigenvalue weighted by Crippen LogP contribution is -2.41. The molecule has 1 aliphatic heterocycles. The van der Waals surface area contributed by atoms with Crippen molar-refractivity contribution >= 4 is 5.91 Å². The van der Waals surface area contributed by atoms with Gasteiger partial charge in [-0.25, -0.2) is 4.68 Å². The first-order valence-electron chi connectivity index (χ1n) is 8.95. The highest BCUT2D eigenvalue weighted by Gasteiger charge is 2.33. The monoisotopic (exact) mass is 341 g/mol. The third kappa shape index (κ3) is 2.99. The summed E-state index contributed by atoms with van der Waals surface area (Å²) < 4.78 is 1.54. The van der Waals surface area contributed by atoms with Crippen LogP contribution in [0.3, 0.4) is 0 Å². The Balaban J connectivity index is 1.57. The molecule has 4 rings (SSSR count). The van der Waals surface area contributed by atoms with Crippen molar-refractivity contribution in [3.63, 3.8) is 0 Å². The fourth-order valence-electron chi connectivity index (χ4n) is 3.69. The van der Waals surface area contributed by atoms with Gasteiger partial charge in [-0.2, -0.15) is 10.2 Å². The molecule has 0 bridgehead atoms. The quantitative estimate of drug-likeness (QED) is 0.918. The maximum atomic E-state index is 13.0. The predicted molar refractivity (Wildman–Crippen MR) is 92.6 cm³/mol. The molecule has 0 aromatic carbocycles. The minimum Gasteiger partial charge on any atom is -0.334 e. The number of nitrogens with one attached hydrogen (secondary N) is 1. The highest BCUT2D eigenvalue weighted by molar-refractivity contribution is 5.96. The number of carbonyl (C=O) groups excluding carboxylic acids is 1. The van der Waals surface area contributed by atoms with Gasteiger partial charge in [-0.15, -0.1) is 0 Å². The van der Waals surface area contributed by atoms with Gasteiger partial charge in [0.05, 0.1) is 29.5 Å². The minimum absolute atomic E-state index is 0.000790. The van der Waals surface area contributed by atoms with Crippen molar-refractivity contribution in [3.05, 3.63) is 45.1 Å².